The number of H-pyrrole nitrogens is 1. The van der Waals surface area contributed by atoms with Gasteiger partial charge in [0.2, 0.25) is 5.91 Å². The summed E-state index contributed by atoms with van der Waals surface area (Å²) in [6.07, 6.45) is -0.392. The molecule has 1 amide bonds. The lowest BCUT2D eigenvalue weighted by molar-refractivity contribution is -0.305. The molecular formula is C14H14N3O5-. The molecule has 1 aromatic carbocycles. The zero-order valence-electron chi connectivity index (χ0n) is 11.6. The van der Waals surface area contributed by atoms with Crippen LogP contribution in [0.15, 0.2) is 33.9 Å². The first kappa shape index (κ1) is 15.5. The number of carboxylic acids is 1. The summed E-state index contributed by atoms with van der Waals surface area (Å²) < 4.78 is 0.945. The molecule has 2 aromatic rings. The quantitative estimate of drug-likeness (QED) is 0.660. The average Bonchev–Trinajstić information content (AvgIpc) is 2.46. The number of fused-ring (bicyclic) bond motifs is 1. The average molecular weight is 304 g/mol. The largest absolute Gasteiger partial charge is 0.550 e. The Morgan fingerprint density at radius 2 is 1.91 bits per heavy atom. The Bertz CT molecular complexity index is 821. The van der Waals surface area contributed by atoms with Crippen LogP contribution in [0.3, 0.4) is 0 Å². The number of para-hydroxylation sites is 1. The van der Waals surface area contributed by atoms with Crippen molar-refractivity contribution in [1.82, 2.24) is 14.9 Å². The first-order valence-corrected chi connectivity index (χ1v) is 6.67. The summed E-state index contributed by atoms with van der Waals surface area (Å²) >= 11 is 0. The minimum atomic E-state index is -1.26. The normalized spacial score (nSPS) is 10.5. The number of hydrogen-bond acceptors (Lipinski definition) is 5. The van der Waals surface area contributed by atoms with Crippen LogP contribution in [0.25, 0.3) is 10.9 Å². The smallest absolute Gasteiger partial charge is 0.328 e. The van der Waals surface area contributed by atoms with Gasteiger partial charge in [-0.1, -0.05) is 12.1 Å². The highest BCUT2D eigenvalue weighted by atomic mass is 16.4. The van der Waals surface area contributed by atoms with Crippen molar-refractivity contribution in [3.63, 3.8) is 0 Å². The molecule has 0 unspecified atom stereocenters. The lowest BCUT2D eigenvalue weighted by Gasteiger charge is -2.07. The van der Waals surface area contributed by atoms with E-state index in [2.05, 4.69) is 10.3 Å². The monoisotopic (exact) mass is 304 g/mol. The molecule has 0 spiro atoms. The molecule has 0 aliphatic carbocycles. The number of rotatable bonds is 6. The number of nitrogens with zero attached hydrogens (tertiary/aromatic N) is 1. The van der Waals surface area contributed by atoms with Crippen LogP contribution in [0.2, 0.25) is 0 Å². The molecule has 2 rings (SSSR count). The maximum Gasteiger partial charge on any atom is 0.328 e. The molecule has 0 saturated carbocycles. The number of carboxylic acid groups (broad SMARTS) is 1. The van der Waals surface area contributed by atoms with Crippen molar-refractivity contribution < 1.29 is 14.7 Å². The fourth-order valence-electron chi connectivity index (χ4n) is 2.01. The van der Waals surface area contributed by atoms with Gasteiger partial charge in [0, 0.05) is 31.9 Å². The topological polar surface area (TPSA) is 124 Å². The van der Waals surface area contributed by atoms with Crippen molar-refractivity contribution in [1.29, 1.82) is 0 Å². The lowest BCUT2D eigenvalue weighted by Crippen LogP contribution is -2.37. The van der Waals surface area contributed by atoms with E-state index in [4.69, 9.17) is 0 Å². The molecule has 8 nitrogen and oxygen atoms in total. The standard InChI is InChI=1S/C14H15N3O5/c18-11(15-7-5-12(19)20)6-8-17-13(21)9-3-1-2-4-10(9)16-14(17)22/h1-4H,5-8H2,(H,15,18)(H,16,22)(H,19,20)/p-1. The van der Waals surface area contributed by atoms with Crippen LogP contribution in [-0.2, 0) is 16.1 Å². The molecular weight excluding hydrogens is 290 g/mol. The fraction of sp³-hybridized carbons (Fsp3) is 0.286. The Labute approximate surface area is 124 Å². The van der Waals surface area contributed by atoms with Gasteiger partial charge in [-0.25, -0.2) is 4.79 Å². The van der Waals surface area contributed by atoms with Gasteiger partial charge in [-0.05, 0) is 12.1 Å². The van der Waals surface area contributed by atoms with Crippen molar-refractivity contribution >= 4 is 22.8 Å². The first-order valence-electron chi connectivity index (χ1n) is 6.67. The van der Waals surface area contributed by atoms with Crippen LogP contribution in [-0.4, -0.2) is 28.0 Å². The lowest BCUT2D eigenvalue weighted by atomic mass is 10.2. The summed E-state index contributed by atoms with van der Waals surface area (Å²) in [6.45, 7) is -0.139. The van der Waals surface area contributed by atoms with Crippen molar-refractivity contribution in [3.05, 3.63) is 45.1 Å². The number of aromatic amines is 1. The van der Waals surface area contributed by atoms with Crippen molar-refractivity contribution in [2.45, 2.75) is 19.4 Å². The summed E-state index contributed by atoms with van der Waals surface area (Å²) in [7, 11) is 0. The predicted octanol–water partition coefficient (Wildman–Crippen LogP) is -1.66. The van der Waals surface area contributed by atoms with Crippen LogP contribution >= 0.6 is 0 Å². The zero-order chi connectivity index (χ0) is 16.1. The third kappa shape index (κ3) is 3.60. The number of carbonyl (C=O) groups is 2. The Kier molecular flexibility index (Phi) is 4.72. The van der Waals surface area contributed by atoms with Gasteiger partial charge in [-0.2, -0.15) is 0 Å². The molecule has 8 heteroatoms. The van der Waals surface area contributed by atoms with Crippen LogP contribution < -0.4 is 21.7 Å². The minimum absolute atomic E-state index is 0.0514. The second-order valence-corrected chi connectivity index (χ2v) is 4.65. The van der Waals surface area contributed by atoms with E-state index in [1.54, 1.807) is 24.3 Å². The molecule has 2 N–H and O–H groups in total. The molecule has 116 valence electrons. The second kappa shape index (κ2) is 6.70. The molecule has 0 bridgehead atoms. The van der Waals surface area contributed by atoms with Gasteiger partial charge in [0.1, 0.15) is 0 Å². The Morgan fingerprint density at radius 1 is 1.18 bits per heavy atom. The SMILES string of the molecule is O=C([O-])CCNC(=O)CCn1c(=O)[nH]c2ccccc2c1=O. The summed E-state index contributed by atoms with van der Waals surface area (Å²) in [5.41, 5.74) is -0.625. The van der Waals surface area contributed by atoms with Gasteiger partial charge in [-0.3, -0.25) is 14.2 Å². The number of carbonyl (C=O) groups excluding carboxylic acids is 2. The van der Waals surface area contributed by atoms with Crippen LogP contribution in [0.5, 0.6) is 0 Å². The van der Waals surface area contributed by atoms with E-state index >= 15 is 0 Å². The minimum Gasteiger partial charge on any atom is -0.550 e. The van der Waals surface area contributed by atoms with E-state index < -0.39 is 23.1 Å². The van der Waals surface area contributed by atoms with Gasteiger partial charge in [0.25, 0.3) is 5.56 Å². The fourth-order valence-corrected chi connectivity index (χ4v) is 2.01. The third-order valence-corrected chi connectivity index (χ3v) is 3.10. The first-order chi connectivity index (χ1) is 10.5. The van der Waals surface area contributed by atoms with Crippen LogP contribution in [0.1, 0.15) is 12.8 Å². The zero-order valence-corrected chi connectivity index (χ0v) is 11.6. The van der Waals surface area contributed by atoms with E-state index in [9.17, 15) is 24.3 Å². The van der Waals surface area contributed by atoms with E-state index in [0.717, 1.165) is 4.57 Å². The van der Waals surface area contributed by atoms with Crippen molar-refractivity contribution in [2.24, 2.45) is 0 Å². The number of hydrogen-bond donors (Lipinski definition) is 2. The van der Waals surface area contributed by atoms with Gasteiger partial charge in [0.15, 0.2) is 0 Å². The van der Waals surface area contributed by atoms with Crippen molar-refractivity contribution in [3.8, 4) is 0 Å². The molecule has 22 heavy (non-hydrogen) atoms. The number of aliphatic carboxylic acids is 1. The molecule has 1 heterocycles. The Hall–Kier alpha value is -2.90. The van der Waals surface area contributed by atoms with E-state index in [1.807, 2.05) is 0 Å². The summed E-state index contributed by atoms with van der Waals surface area (Å²) in [6, 6.07) is 6.59. The van der Waals surface area contributed by atoms with Gasteiger partial charge >= 0.3 is 5.69 Å². The molecule has 0 fully saturated rings. The maximum atomic E-state index is 12.2. The molecule has 0 saturated heterocycles. The summed E-state index contributed by atoms with van der Waals surface area (Å²) in [5, 5.41) is 13.0. The molecule has 0 aliphatic heterocycles. The van der Waals surface area contributed by atoms with Crippen LogP contribution in [0, 0.1) is 0 Å². The predicted molar refractivity (Wildman–Crippen MR) is 76.1 cm³/mol. The highest BCUT2D eigenvalue weighted by molar-refractivity contribution is 5.77. The van der Waals surface area contributed by atoms with E-state index in [1.165, 1.54) is 0 Å². The summed E-state index contributed by atoms with van der Waals surface area (Å²) in [4.78, 5) is 48.4. The Morgan fingerprint density at radius 3 is 2.64 bits per heavy atom. The van der Waals surface area contributed by atoms with Gasteiger partial charge in [0.05, 0.1) is 10.9 Å². The summed E-state index contributed by atoms with van der Waals surface area (Å²) in [5.74, 6) is -1.71. The molecule has 0 atom stereocenters. The number of nitrogens with one attached hydrogen (secondary N) is 2. The number of aromatic nitrogens is 2. The molecule has 1 aromatic heterocycles. The highest BCUT2D eigenvalue weighted by Crippen LogP contribution is 2.02. The highest BCUT2D eigenvalue weighted by Gasteiger charge is 2.09. The van der Waals surface area contributed by atoms with Gasteiger partial charge in [-0.15, -0.1) is 0 Å². The Balaban J connectivity index is 2.09. The third-order valence-electron chi connectivity index (χ3n) is 3.10. The number of benzene rings is 1. The molecule has 0 aliphatic rings. The van der Waals surface area contributed by atoms with E-state index in [0.29, 0.717) is 10.9 Å². The molecule has 0 radical (unpaired) electrons. The maximum absolute atomic E-state index is 12.2. The van der Waals surface area contributed by atoms with Gasteiger partial charge < -0.3 is 20.2 Å². The van der Waals surface area contributed by atoms with Crippen LogP contribution in [0.4, 0.5) is 0 Å². The number of amides is 1. The van der Waals surface area contributed by atoms with E-state index in [-0.39, 0.29) is 25.9 Å². The second-order valence-electron chi connectivity index (χ2n) is 4.65. The van der Waals surface area contributed by atoms with Crippen molar-refractivity contribution in [2.75, 3.05) is 6.54 Å².